The van der Waals surface area contributed by atoms with Crippen molar-refractivity contribution in [1.29, 1.82) is 0 Å². The molecule has 2 heterocycles. The molecule has 98 valence electrons. The second kappa shape index (κ2) is 5.82. The van der Waals surface area contributed by atoms with E-state index in [4.69, 9.17) is 0 Å². The fourth-order valence-corrected chi connectivity index (χ4v) is 2.10. The lowest BCUT2D eigenvalue weighted by atomic mass is 10.2. The monoisotopic (exact) mass is 247 g/mol. The summed E-state index contributed by atoms with van der Waals surface area (Å²) in [4.78, 5) is 0. The first-order valence-electron chi connectivity index (χ1n) is 6.49. The second-order valence-corrected chi connectivity index (χ2v) is 4.31. The van der Waals surface area contributed by atoms with Crippen molar-refractivity contribution >= 4 is 0 Å². The van der Waals surface area contributed by atoms with Gasteiger partial charge in [0.2, 0.25) is 0 Å². The minimum atomic E-state index is 0.838. The first kappa shape index (κ1) is 12.8. The van der Waals surface area contributed by atoms with Crippen LogP contribution in [-0.2, 0) is 26.2 Å². The molecule has 0 spiro atoms. The zero-order valence-corrected chi connectivity index (χ0v) is 11.3. The van der Waals surface area contributed by atoms with Crippen molar-refractivity contribution in [2.45, 2.75) is 47.0 Å². The standard InChI is InChI=1S/C13H21N5/c1-4-17-11(3)12(9-16-17)8-14-10-13-6-7-15-18(13)5-2/h6-7,9,14H,4-5,8,10H2,1-3H3. The summed E-state index contributed by atoms with van der Waals surface area (Å²) >= 11 is 0. The zero-order chi connectivity index (χ0) is 13.0. The van der Waals surface area contributed by atoms with Gasteiger partial charge in [-0.3, -0.25) is 9.36 Å². The molecule has 2 aromatic heterocycles. The fraction of sp³-hybridized carbons (Fsp3) is 0.538. The van der Waals surface area contributed by atoms with Crippen LogP contribution in [0.25, 0.3) is 0 Å². The van der Waals surface area contributed by atoms with Crippen LogP contribution in [-0.4, -0.2) is 19.6 Å². The molecule has 5 heteroatoms. The van der Waals surface area contributed by atoms with Crippen molar-refractivity contribution in [1.82, 2.24) is 24.9 Å². The van der Waals surface area contributed by atoms with E-state index < -0.39 is 0 Å². The molecule has 0 aliphatic rings. The van der Waals surface area contributed by atoms with Crippen molar-refractivity contribution in [3.05, 3.63) is 35.4 Å². The minimum absolute atomic E-state index is 0.838. The maximum atomic E-state index is 4.34. The molecule has 2 rings (SSSR count). The van der Waals surface area contributed by atoms with Crippen molar-refractivity contribution in [3.63, 3.8) is 0 Å². The molecule has 0 aromatic carbocycles. The van der Waals surface area contributed by atoms with E-state index in [1.807, 2.05) is 21.8 Å². The summed E-state index contributed by atoms with van der Waals surface area (Å²) in [5.74, 6) is 0. The molecule has 0 fully saturated rings. The number of rotatable bonds is 6. The Kier molecular flexibility index (Phi) is 4.15. The van der Waals surface area contributed by atoms with Crippen LogP contribution in [0.4, 0.5) is 0 Å². The Bertz CT molecular complexity index is 497. The molecule has 0 atom stereocenters. The van der Waals surface area contributed by atoms with E-state index in [2.05, 4.69) is 42.4 Å². The summed E-state index contributed by atoms with van der Waals surface area (Å²) in [7, 11) is 0. The Labute approximate surface area is 108 Å². The molecule has 0 aliphatic carbocycles. The van der Waals surface area contributed by atoms with Crippen molar-refractivity contribution in [3.8, 4) is 0 Å². The van der Waals surface area contributed by atoms with Gasteiger partial charge in [0, 0.05) is 43.6 Å². The topological polar surface area (TPSA) is 47.7 Å². The minimum Gasteiger partial charge on any atom is -0.307 e. The molecule has 1 N–H and O–H groups in total. The summed E-state index contributed by atoms with van der Waals surface area (Å²) in [5.41, 5.74) is 3.73. The molecule has 0 saturated carbocycles. The molecule has 5 nitrogen and oxygen atoms in total. The van der Waals surface area contributed by atoms with E-state index in [9.17, 15) is 0 Å². The van der Waals surface area contributed by atoms with Gasteiger partial charge in [0.1, 0.15) is 0 Å². The van der Waals surface area contributed by atoms with Crippen LogP contribution in [0.15, 0.2) is 18.5 Å². The van der Waals surface area contributed by atoms with Gasteiger partial charge in [-0.2, -0.15) is 10.2 Å². The van der Waals surface area contributed by atoms with E-state index >= 15 is 0 Å². The number of aryl methyl sites for hydroxylation is 2. The Morgan fingerprint density at radius 3 is 2.56 bits per heavy atom. The van der Waals surface area contributed by atoms with Crippen LogP contribution >= 0.6 is 0 Å². The Morgan fingerprint density at radius 2 is 1.89 bits per heavy atom. The molecular weight excluding hydrogens is 226 g/mol. The fourth-order valence-electron chi connectivity index (χ4n) is 2.10. The van der Waals surface area contributed by atoms with Gasteiger partial charge in [-0.05, 0) is 26.8 Å². The quantitative estimate of drug-likeness (QED) is 0.845. The van der Waals surface area contributed by atoms with Gasteiger partial charge in [0.15, 0.2) is 0 Å². The third-order valence-electron chi connectivity index (χ3n) is 3.23. The van der Waals surface area contributed by atoms with E-state index in [1.54, 1.807) is 0 Å². The number of hydrogen-bond acceptors (Lipinski definition) is 3. The predicted octanol–water partition coefficient (Wildman–Crippen LogP) is 1.72. The molecule has 2 aromatic rings. The molecule has 0 unspecified atom stereocenters. The van der Waals surface area contributed by atoms with E-state index in [-0.39, 0.29) is 0 Å². The van der Waals surface area contributed by atoms with E-state index in [0.717, 1.165) is 26.2 Å². The summed E-state index contributed by atoms with van der Waals surface area (Å²) in [5, 5.41) is 12.0. The highest BCUT2D eigenvalue weighted by Gasteiger charge is 2.05. The third kappa shape index (κ3) is 2.61. The largest absolute Gasteiger partial charge is 0.307 e. The average molecular weight is 247 g/mol. The number of hydrogen-bond donors (Lipinski definition) is 1. The molecule has 0 bridgehead atoms. The number of nitrogens with one attached hydrogen (secondary N) is 1. The summed E-state index contributed by atoms with van der Waals surface area (Å²) in [6.45, 7) is 9.85. The summed E-state index contributed by atoms with van der Waals surface area (Å²) in [6.07, 6.45) is 3.80. The maximum Gasteiger partial charge on any atom is 0.0537 e. The highest BCUT2D eigenvalue weighted by Crippen LogP contribution is 2.07. The maximum absolute atomic E-state index is 4.34. The lowest BCUT2D eigenvalue weighted by Gasteiger charge is -2.07. The molecule has 0 radical (unpaired) electrons. The van der Waals surface area contributed by atoms with Gasteiger partial charge in [-0.15, -0.1) is 0 Å². The Balaban J connectivity index is 1.90. The van der Waals surface area contributed by atoms with Crippen LogP contribution in [0.5, 0.6) is 0 Å². The Hall–Kier alpha value is -1.62. The van der Waals surface area contributed by atoms with Crippen LogP contribution < -0.4 is 5.32 Å². The van der Waals surface area contributed by atoms with Gasteiger partial charge < -0.3 is 5.32 Å². The van der Waals surface area contributed by atoms with E-state index in [0.29, 0.717) is 0 Å². The molecule has 18 heavy (non-hydrogen) atoms. The van der Waals surface area contributed by atoms with Crippen LogP contribution in [0.2, 0.25) is 0 Å². The van der Waals surface area contributed by atoms with Gasteiger partial charge in [-0.25, -0.2) is 0 Å². The second-order valence-electron chi connectivity index (χ2n) is 4.31. The van der Waals surface area contributed by atoms with Crippen LogP contribution in [0.3, 0.4) is 0 Å². The van der Waals surface area contributed by atoms with Gasteiger partial charge >= 0.3 is 0 Å². The number of nitrogens with zero attached hydrogens (tertiary/aromatic N) is 4. The van der Waals surface area contributed by atoms with Crippen molar-refractivity contribution < 1.29 is 0 Å². The Morgan fingerprint density at radius 1 is 1.11 bits per heavy atom. The first-order valence-corrected chi connectivity index (χ1v) is 6.49. The molecular formula is C13H21N5. The van der Waals surface area contributed by atoms with Crippen molar-refractivity contribution in [2.75, 3.05) is 0 Å². The van der Waals surface area contributed by atoms with Crippen LogP contribution in [0.1, 0.15) is 30.8 Å². The normalized spacial score (nSPS) is 11.1. The molecule has 0 aliphatic heterocycles. The molecule has 0 saturated heterocycles. The summed E-state index contributed by atoms with van der Waals surface area (Å²) < 4.78 is 4.03. The summed E-state index contributed by atoms with van der Waals surface area (Å²) in [6, 6.07) is 2.05. The van der Waals surface area contributed by atoms with Crippen LogP contribution in [0, 0.1) is 6.92 Å². The first-order chi connectivity index (χ1) is 8.76. The van der Waals surface area contributed by atoms with E-state index in [1.165, 1.54) is 17.0 Å². The lowest BCUT2D eigenvalue weighted by molar-refractivity contribution is 0.579. The molecule has 0 amide bonds. The SMILES string of the molecule is CCn1nccc1CNCc1cnn(CC)c1C. The van der Waals surface area contributed by atoms with Gasteiger partial charge in [-0.1, -0.05) is 0 Å². The predicted molar refractivity (Wildman–Crippen MR) is 71.1 cm³/mol. The zero-order valence-electron chi connectivity index (χ0n) is 11.3. The average Bonchev–Trinajstić information content (AvgIpc) is 2.97. The van der Waals surface area contributed by atoms with Gasteiger partial charge in [0.25, 0.3) is 0 Å². The highest BCUT2D eigenvalue weighted by molar-refractivity contribution is 5.15. The highest BCUT2D eigenvalue weighted by atomic mass is 15.3. The third-order valence-corrected chi connectivity index (χ3v) is 3.23. The smallest absolute Gasteiger partial charge is 0.0537 e. The number of aromatic nitrogens is 4. The van der Waals surface area contributed by atoms with Crippen molar-refractivity contribution in [2.24, 2.45) is 0 Å². The van der Waals surface area contributed by atoms with Gasteiger partial charge in [0.05, 0.1) is 11.9 Å². The lowest BCUT2D eigenvalue weighted by Crippen LogP contribution is -2.16.